The smallest absolute Gasteiger partial charge is 0.227 e. The Labute approximate surface area is 206 Å². The molecule has 178 valence electrons. The van der Waals surface area contributed by atoms with Gasteiger partial charge in [0.15, 0.2) is 0 Å². The Kier molecular flexibility index (Phi) is 7.68. The van der Waals surface area contributed by atoms with Crippen molar-refractivity contribution in [2.45, 2.75) is 33.1 Å². The topological polar surface area (TPSA) is 58.6 Å². The quantitative estimate of drug-likeness (QED) is 0.500. The molecule has 34 heavy (non-hydrogen) atoms. The van der Waals surface area contributed by atoms with Crippen molar-refractivity contribution in [1.29, 1.82) is 0 Å². The predicted molar refractivity (Wildman–Crippen MR) is 136 cm³/mol. The van der Waals surface area contributed by atoms with Crippen molar-refractivity contribution in [2.24, 2.45) is 0 Å². The van der Waals surface area contributed by atoms with Crippen molar-refractivity contribution in [3.05, 3.63) is 81.8 Å². The van der Waals surface area contributed by atoms with Crippen molar-refractivity contribution in [1.82, 2.24) is 14.9 Å². The number of nitrogens with zero attached hydrogens (tertiary/aromatic N) is 4. The molecule has 0 atom stereocenters. The van der Waals surface area contributed by atoms with Gasteiger partial charge < -0.3 is 14.5 Å². The van der Waals surface area contributed by atoms with Gasteiger partial charge in [-0.3, -0.25) is 4.79 Å². The summed E-state index contributed by atoms with van der Waals surface area (Å²) in [7, 11) is 1.64. The second-order valence-electron chi connectivity index (χ2n) is 8.57. The number of piperazine rings is 1. The Morgan fingerprint density at radius 1 is 0.971 bits per heavy atom. The van der Waals surface area contributed by atoms with Gasteiger partial charge in [0.05, 0.1) is 13.5 Å². The van der Waals surface area contributed by atoms with Crippen molar-refractivity contribution in [2.75, 3.05) is 38.2 Å². The molecular weight excluding hydrogens is 448 g/mol. The molecule has 1 aromatic heterocycles. The third-order valence-electron chi connectivity index (χ3n) is 6.26. The fourth-order valence-electron chi connectivity index (χ4n) is 4.38. The molecule has 7 heteroatoms. The van der Waals surface area contributed by atoms with Crippen LogP contribution in [0.4, 0.5) is 5.82 Å². The first-order chi connectivity index (χ1) is 16.5. The summed E-state index contributed by atoms with van der Waals surface area (Å²) in [5.74, 6) is 2.72. The minimum atomic E-state index is 0.152. The van der Waals surface area contributed by atoms with Crippen LogP contribution in [-0.2, 0) is 24.1 Å². The lowest BCUT2D eigenvalue weighted by Gasteiger charge is -2.36. The Bertz CT molecular complexity index is 1120. The van der Waals surface area contributed by atoms with E-state index < -0.39 is 0 Å². The molecule has 6 nitrogen and oxygen atoms in total. The molecule has 0 radical (unpaired) electrons. The first-order valence-corrected chi connectivity index (χ1v) is 12.1. The van der Waals surface area contributed by atoms with Gasteiger partial charge in [-0.25, -0.2) is 9.97 Å². The van der Waals surface area contributed by atoms with E-state index in [1.165, 1.54) is 5.56 Å². The van der Waals surface area contributed by atoms with Gasteiger partial charge in [-0.2, -0.15) is 0 Å². The van der Waals surface area contributed by atoms with Crippen LogP contribution < -0.4 is 9.64 Å². The molecule has 2 aromatic carbocycles. The van der Waals surface area contributed by atoms with Crippen molar-refractivity contribution < 1.29 is 9.53 Å². The lowest BCUT2D eigenvalue weighted by Crippen LogP contribution is -2.49. The molecule has 0 saturated carbocycles. The number of anilines is 1. The fourth-order valence-corrected chi connectivity index (χ4v) is 4.50. The van der Waals surface area contributed by atoms with Crippen molar-refractivity contribution >= 4 is 23.3 Å². The van der Waals surface area contributed by atoms with E-state index in [1.54, 1.807) is 7.11 Å². The number of aryl methyl sites for hydroxylation is 2. The molecule has 0 bridgehead atoms. The maximum absolute atomic E-state index is 12.9. The van der Waals surface area contributed by atoms with E-state index >= 15 is 0 Å². The van der Waals surface area contributed by atoms with E-state index in [9.17, 15) is 4.79 Å². The molecule has 4 rings (SSSR count). The average molecular weight is 479 g/mol. The standard InChI is InChI=1S/C27H31ClN4O2/c1-4-25-24(17-20-5-9-22(28)10-6-20)27(30-19(2)29-25)32-15-13-31(14-16-32)26(33)18-21-7-11-23(34-3)12-8-21/h5-12H,4,13-18H2,1-3H3. The molecule has 1 fully saturated rings. The van der Waals surface area contributed by atoms with Crippen LogP contribution in [0.1, 0.15) is 35.1 Å². The molecule has 0 N–H and O–H groups in total. The number of carbonyl (C=O) groups is 1. The monoisotopic (exact) mass is 478 g/mol. The summed E-state index contributed by atoms with van der Waals surface area (Å²) >= 11 is 6.08. The van der Waals surface area contributed by atoms with Crippen LogP contribution in [0.25, 0.3) is 0 Å². The van der Waals surface area contributed by atoms with Gasteiger partial charge >= 0.3 is 0 Å². The second kappa shape index (κ2) is 10.9. The summed E-state index contributed by atoms with van der Waals surface area (Å²) in [5, 5.41) is 0.732. The van der Waals surface area contributed by atoms with Gasteiger partial charge in [-0.15, -0.1) is 0 Å². The van der Waals surface area contributed by atoms with Gasteiger partial charge in [0.2, 0.25) is 5.91 Å². The highest BCUT2D eigenvalue weighted by Crippen LogP contribution is 2.26. The number of carbonyl (C=O) groups excluding carboxylic acids is 1. The average Bonchev–Trinajstić information content (AvgIpc) is 2.86. The lowest BCUT2D eigenvalue weighted by atomic mass is 10.0. The highest BCUT2D eigenvalue weighted by Gasteiger charge is 2.25. The first kappa shape index (κ1) is 24.0. The second-order valence-corrected chi connectivity index (χ2v) is 9.01. The summed E-state index contributed by atoms with van der Waals surface area (Å²) in [4.78, 5) is 26.7. The van der Waals surface area contributed by atoms with Crippen LogP contribution in [0.15, 0.2) is 48.5 Å². The predicted octanol–water partition coefficient (Wildman–Crippen LogP) is 4.49. The van der Waals surface area contributed by atoms with Crippen LogP contribution in [-0.4, -0.2) is 54.1 Å². The van der Waals surface area contributed by atoms with Crippen LogP contribution in [0.2, 0.25) is 5.02 Å². The van der Waals surface area contributed by atoms with Gasteiger partial charge in [-0.1, -0.05) is 42.8 Å². The molecule has 1 aliphatic heterocycles. The number of rotatable bonds is 7. The number of benzene rings is 2. The van der Waals surface area contributed by atoms with Crippen LogP contribution >= 0.6 is 11.6 Å². The molecule has 0 aliphatic carbocycles. The summed E-state index contributed by atoms with van der Waals surface area (Å²) in [6.45, 7) is 6.94. The molecule has 0 unspecified atom stereocenters. The van der Waals surface area contributed by atoms with Gasteiger partial charge in [-0.05, 0) is 48.7 Å². The zero-order valence-electron chi connectivity index (χ0n) is 20.1. The lowest BCUT2D eigenvalue weighted by molar-refractivity contribution is -0.130. The Morgan fingerprint density at radius 2 is 1.62 bits per heavy atom. The number of methoxy groups -OCH3 is 1. The molecule has 2 heterocycles. The van der Waals surface area contributed by atoms with Crippen LogP contribution in [0, 0.1) is 6.92 Å². The van der Waals surface area contributed by atoms with E-state index in [0.717, 1.165) is 65.2 Å². The minimum absolute atomic E-state index is 0.152. The van der Waals surface area contributed by atoms with E-state index in [2.05, 4.69) is 24.0 Å². The molecular formula is C27H31ClN4O2. The molecule has 0 spiro atoms. The number of amides is 1. The maximum atomic E-state index is 12.9. The minimum Gasteiger partial charge on any atom is -0.497 e. The zero-order valence-corrected chi connectivity index (χ0v) is 20.8. The molecule has 1 amide bonds. The number of hydrogen-bond donors (Lipinski definition) is 0. The third-order valence-corrected chi connectivity index (χ3v) is 6.51. The molecule has 3 aromatic rings. The summed E-state index contributed by atoms with van der Waals surface area (Å²) in [6, 6.07) is 15.6. The fraction of sp³-hybridized carbons (Fsp3) is 0.370. The van der Waals surface area contributed by atoms with Gasteiger partial charge in [0.25, 0.3) is 0 Å². The van der Waals surface area contributed by atoms with Gasteiger partial charge in [0, 0.05) is 48.9 Å². The van der Waals surface area contributed by atoms with Crippen LogP contribution in [0.3, 0.4) is 0 Å². The molecule has 1 aliphatic rings. The largest absolute Gasteiger partial charge is 0.497 e. The van der Waals surface area contributed by atoms with E-state index in [-0.39, 0.29) is 5.91 Å². The summed E-state index contributed by atoms with van der Waals surface area (Å²) < 4.78 is 5.20. The van der Waals surface area contributed by atoms with Crippen molar-refractivity contribution in [3.8, 4) is 5.75 Å². The number of hydrogen-bond acceptors (Lipinski definition) is 5. The van der Waals surface area contributed by atoms with Crippen LogP contribution in [0.5, 0.6) is 5.75 Å². The molecule has 1 saturated heterocycles. The van der Waals surface area contributed by atoms with Crippen molar-refractivity contribution in [3.63, 3.8) is 0 Å². The van der Waals surface area contributed by atoms with E-state index in [4.69, 9.17) is 26.3 Å². The Morgan fingerprint density at radius 3 is 2.24 bits per heavy atom. The highest BCUT2D eigenvalue weighted by atomic mass is 35.5. The van der Waals surface area contributed by atoms with E-state index in [0.29, 0.717) is 19.5 Å². The Hall–Kier alpha value is -3.12. The number of aromatic nitrogens is 2. The summed E-state index contributed by atoms with van der Waals surface area (Å²) in [5.41, 5.74) is 4.42. The maximum Gasteiger partial charge on any atom is 0.227 e. The Balaban J connectivity index is 1.47. The third kappa shape index (κ3) is 5.68. The first-order valence-electron chi connectivity index (χ1n) is 11.7. The zero-order chi connectivity index (χ0) is 24.1. The SMILES string of the molecule is CCc1nc(C)nc(N2CCN(C(=O)Cc3ccc(OC)cc3)CC2)c1Cc1ccc(Cl)cc1. The number of ether oxygens (including phenoxy) is 1. The summed E-state index contributed by atoms with van der Waals surface area (Å²) in [6.07, 6.45) is 2.00. The number of halogens is 1. The highest BCUT2D eigenvalue weighted by molar-refractivity contribution is 6.30. The van der Waals surface area contributed by atoms with Gasteiger partial charge in [0.1, 0.15) is 17.4 Å². The van der Waals surface area contributed by atoms with E-state index in [1.807, 2.05) is 48.2 Å². The normalized spacial score (nSPS) is 13.8.